The van der Waals surface area contributed by atoms with Gasteiger partial charge in [0.1, 0.15) is 0 Å². The smallest absolute Gasteiger partial charge is 0.337 e. The summed E-state index contributed by atoms with van der Waals surface area (Å²) in [6.07, 6.45) is 0.702. The minimum atomic E-state index is -0.489. The van der Waals surface area contributed by atoms with Gasteiger partial charge in [0.05, 0.1) is 18.6 Å². The van der Waals surface area contributed by atoms with Crippen LogP contribution < -0.4 is 5.32 Å². The van der Waals surface area contributed by atoms with Gasteiger partial charge in [-0.2, -0.15) is 0 Å². The van der Waals surface area contributed by atoms with Gasteiger partial charge < -0.3 is 4.74 Å². The van der Waals surface area contributed by atoms with Crippen LogP contribution in [0.25, 0.3) is 0 Å². The maximum absolute atomic E-state index is 11.8. The molecule has 6 heteroatoms. The number of halogens is 1. The number of rotatable bonds is 2. The number of carbonyl (C=O) groups is 3. The Bertz CT molecular complexity index is 556. The lowest BCUT2D eigenvalue weighted by Gasteiger charge is -2.22. The van der Waals surface area contributed by atoms with E-state index in [1.807, 2.05) is 0 Å². The van der Waals surface area contributed by atoms with Crippen molar-refractivity contribution in [3.63, 3.8) is 0 Å². The van der Waals surface area contributed by atoms with Crippen molar-refractivity contribution < 1.29 is 19.1 Å². The highest BCUT2D eigenvalue weighted by Gasteiger charge is 2.29. The van der Waals surface area contributed by atoms with Crippen LogP contribution in [-0.2, 0) is 14.3 Å². The highest BCUT2D eigenvalue weighted by Crippen LogP contribution is 2.31. The van der Waals surface area contributed by atoms with E-state index >= 15 is 0 Å². The van der Waals surface area contributed by atoms with Crippen molar-refractivity contribution in [2.24, 2.45) is 0 Å². The number of carbonyl (C=O) groups excluding carboxylic acids is 3. The topological polar surface area (TPSA) is 72.5 Å². The highest BCUT2D eigenvalue weighted by atomic mass is 35.5. The second kappa shape index (κ2) is 5.40. The van der Waals surface area contributed by atoms with Gasteiger partial charge in [-0.05, 0) is 24.1 Å². The van der Waals surface area contributed by atoms with E-state index in [1.165, 1.54) is 13.2 Å². The van der Waals surface area contributed by atoms with Crippen LogP contribution in [0.3, 0.4) is 0 Å². The summed E-state index contributed by atoms with van der Waals surface area (Å²) in [4.78, 5) is 34.2. The van der Waals surface area contributed by atoms with Crippen LogP contribution in [0.5, 0.6) is 0 Å². The molecule has 0 radical (unpaired) electrons. The Kier molecular flexibility index (Phi) is 3.85. The molecule has 1 aromatic carbocycles. The standard InChI is InChI=1S/C13H12ClNO4/c1-19-13(18)7-2-3-8(10(14)6-7)9-4-5-11(16)15-12(9)17/h2-3,6,9H,4-5H2,1H3,(H,15,16,17). The molecule has 2 rings (SSSR count). The van der Waals surface area contributed by atoms with Crippen molar-refractivity contribution in [3.05, 3.63) is 34.3 Å². The lowest BCUT2D eigenvalue weighted by molar-refractivity contribution is -0.134. The van der Waals surface area contributed by atoms with Crippen LogP contribution in [-0.4, -0.2) is 24.9 Å². The summed E-state index contributed by atoms with van der Waals surface area (Å²) in [5, 5.41) is 2.59. The zero-order valence-corrected chi connectivity index (χ0v) is 11.0. The van der Waals surface area contributed by atoms with Crippen LogP contribution in [0.1, 0.15) is 34.7 Å². The van der Waals surface area contributed by atoms with Gasteiger partial charge in [0, 0.05) is 11.4 Å². The number of piperidine rings is 1. The van der Waals surface area contributed by atoms with Crippen molar-refractivity contribution >= 4 is 29.4 Å². The Balaban J connectivity index is 2.28. The largest absolute Gasteiger partial charge is 0.465 e. The van der Waals surface area contributed by atoms with Crippen molar-refractivity contribution in [2.75, 3.05) is 7.11 Å². The molecular formula is C13H12ClNO4. The first kappa shape index (κ1) is 13.5. The molecule has 2 amide bonds. The van der Waals surface area contributed by atoms with Crippen LogP contribution >= 0.6 is 11.6 Å². The van der Waals surface area contributed by atoms with E-state index in [1.54, 1.807) is 12.1 Å². The summed E-state index contributed by atoms with van der Waals surface area (Å²) in [7, 11) is 1.28. The number of ether oxygens (including phenoxy) is 1. The number of esters is 1. The molecule has 1 unspecified atom stereocenters. The van der Waals surface area contributed by atoms with Gasteiger partial charge in [0.2, 0.25) is 11.8 Å². The number of hydrogen-bond acceptors (Lipinski definition) is 4. The molecule has 0 aromatic heterocycles. The highest BCUT2D eigenvalue weighted by molar-refractivity contribution is 6.32. The van der Waals surface area contributed by atoms with Gasteiger partial charge in [-0.25, -0.2) is 4.79 Å². The molecule has 19 heavy (non-hydrogen) atoms. The molecule has 1 N–H and O–H groups in total. The lowest BCUT2D eigenvalue weighted by atomic mass is 9.90. The number of hydrogen-bond donors (Lipinski definition) is 1. The number of imide groups is 1. The van der Waals surface area contributed by atoms with Gasteiger partial charge in [-0.1, -0.05) is 17.7 Å². The van der Waals surface area contributed by atoms with E-state index in [2.05, 4.69) is 10.1 Å². The molecule has 100 valence electrons. The maximum atomic E-state index is 11.8. The predicted molar refractivity (Wildman–Crippen MR) is 67.9 cm³/mol. The first-order valence-corrected chi connectivity index (χ1v) is 6.12. The minimum Gasteiger partial charge on any atom is -0.465 e. The zero-order valence-electron chi connectivity index (χ0n) is 10.2. The van der Waals surface area contributed by atoms with Crippen molar-refractivity contribution in [1.82, 2.24) is 5.32 Å². The van der Waals surface area contributed by atoms with Crippen LogP contribution in [0, 0.1) is 0 Å². The Morgan fingerprint density at radius 1 is 1.42 bits per heavy atom. The Labute approximate surface area is 114 Å². The number of methoxy groups -OCH3 is 1. The monoisotopic (exact) mass is 281 g/mol. The molecule has 1 fully saturated rings. The SMILES string of the molecule is COC(=O)c1ccc(C2CCC(=O)NC2=O)c(Cl)c1. The van der Waals surface area contributed by atoms with Gasteiger partial charge in [0.15, 0.2) is 0 Å². The third-order valence-corrected chi connectivity index (χ3v) is 3.36. The second-order valence-electron chi connectivity index (χ2n) is 4.23. The molecule has 1 aliphatic heterocycles. The van der Waals surface area contributed by atoms with Gasteiger partial charge in [-0.15, -0.1) is 0 Å². The summed E-state index contributed by atoms with van der Waals surface area (Å²) in [6.45, 7) is 0. The van der Waals surface area contributed by atoms with E-state index in [0.29, 0.717) is 22.6 Å². The number of benzene rings is 1. The molecule has 0 spiro atoms. The van der Waals surface area contributed by atoms with E-state index in [9.17, 15) is 14.4 Å². The summed E-state index contributed by atoms with van der Waals surface area (Å²) < 4.78 is 4.59. The molecule has 0 saturated carbocycles. The Morgan fingerprint density at radius 3 is 2.74 bits per heavy atom. The molecule has 1 heterocycles. The van der Waals surface area contributed by atoms with Crippen molar-refractivity contribution in [1.29, 1.82) is 0 Å². The third-order valence-electron chi connectivity index (χ3n) is 3.04. The van der Waals surface area contributed by atoms with Crippen LogP contribution in [0.2, 0.25) is 5.02 Å². The summed E-state index contributed by atoms with van der Waals surface area (Å²) in [6, 6.07) is 4.64. The Hall–Kier alpha value is -1.88. The number of amides is 2. The van der Waals surface area contributed by atoms with Crippen molar-refractivity contribution in [3.8, 4) is 0 Å². The fourth-order valence-electron chi connectivity index (χ4n) is 2.04. The van der Waals surface area contributed by atoms with Gasteiger partial charge >= 0.3 is 5.97 Å². The van der Waals surface area contributed by atoms with E-state index in [0.717, 1.165) is 0 Å². The summed E-state index contributed by atoms with van der Waals surface area (Å²) in [5.74, 6) is -1.58. The normalized spacial score (nSPS) is 18.9. The number of nitrogens with one attached hydrogen (secondary N) is 1. The average Bonchev–Trinajstić information content (AvgIpc) is 2.38. The fourth-order valence-corrected chi connectivity index (χ4v) is 2.36. The quantitative estimate of drug-likeness (QED) is 0.661. The van der Waals surface area contributed by atoms with E-state index in [-0.39, 0.29) is 18.2 Å². The second-order valence-corrected chi connectivity index (χ2v) is 4.64. The zero-order chi connectivity index (χ0) is 14.0. The lowest BCUT2D eigenvalue weighted by Crippen LogP contribution is -2.39. The molecule has 5 nitrogen and oxygen atoms in total. The molecule has 1 aliphatic rings. The maximum Gasteiger partial charge on any atom is 0.337 e. The predicted octanol–water partition coefficient (Wildman–Crippen LogP) is 1.65. The fraction of sp³-hybridized carbons (Fsp3) is 0.308. The molecule has 1 aromatic rings. The van der Waals surface area contributed by atoms with Gasteiger partial charge in [-0.3, -0.25) is 14.9 Å². The molecule has 0 bridgehead atoms. The minimum absolute atomic E-state index is 0.274. The third kappa shape index (κ3) is 2.76. The molecule has 1 saturated heterocycles. The average molecular weight is 282 g/mol. The Morgan fingerprint density at radius 2 is 2.16 bits per heavy atom. The van der Waals surface area contributed by atoms with E-state index < -0.39 is 11.9 Å². The van der Waals surface area contributed by atoms with E-state index in [4.69, 9.17) is 11.6 Å². The van der Waals surface area contributed by atoms with Gasteiger partial charge in [0.25, 0.3) is 0 Å². The summed E-state index contributed by atoms with van der Waals surface area (Å²) in [5.41, 5.74) is 0.933. The molecular weight excluding hydrogens is 270 g/mol. The molecule has 1 atom stereocenters. The first-order valence-electron chi connectivity index (χ1n) is 5.74. The van der Waals surface area contributed by atoms with Crippen LogP contribution in [0.15, 0.2) is 18.2 Å². The van der Waals surface area contributed by atoms with Crippen molar-refractivity contribution in [2.45, 2.75) is 18.8 Å². The molecule has 0 aliphatic carbocycles. The van der Waals surface area contributed by atoms with Crippen LogP contribution in [0.4, 0.5) is 0 Å². The summed E-state index contributed by atoms with van der Waals surface area (Å²) >= 11 is 6.09. The first-order chi connectivity index (χ1) is 9.02.